The molecule has 0 aromatic heterocycles. The van der Waals surface area contributed by atoms with Crippen LogP contribution < -0.4 is 4.90 Å². The minimum atomic E-state index is 0.00525. The van der Waals surface area contributed by atoms with Gasteiger partial charge in [0.15, 0.2) is 0 Å². The lowest BCUT2D eigenvalue weighted by atomic mass is 10.1. The number of rotatable bonds is 3. The standard InChI is InChI=1S/C20H22N2O/c23-20-19-15-17-9-4-5-10-18(17)22(19)13-6-12-21(20)14-11-16-7-2-1-3-8-16/h1-5,7-10,19H,6,11-15H2. The molecular weight excluding hydrogens is 284 g/mol. The lowest BCUT2D eigenvalue weighted by molar-refractivity contribution is -0.131. The van der Waals surface area contributed by atoms with Crippen molar-refractivity contribution in [3.05, 3.63) is 65.7 Å². The van der Waals surface area contributed by atoms with Crippen molar-refractivity contribution in [3.63, 3.8) is 0 Å². The van der Waals surface area contributed by atoms with Crippen molar-refractivity contribution in [2.24, 2.45) is 0 Å². The largest absolute Gasteiger partial charge is 0.359 e. The highest BCUT2D eigenvalue weighted by Gasteiger charge is 2.38. The summed E-state index contributed by atoms with van der Waals surface area (Å²) in [6, 6.07) is 18.9. The van der Waals surface area contributed by atoms with Gasteiger partial charge in [-0.3, -0.25) is 4.79 Å². The molecule has 2 aliphatic heterocycles. The van der Waals surface area contributed by atoms with Crippen LogP contribution in [-0.4, -0.2) is 36.5 Å². The second kappa shape index (κ2) is 6.07. The quantitative estimate of drug-likeness (QED) is 0.870. The molecular formula is C20H22N2O. The monoisotopic (exact) mass is 306 g/mol. The van der Waals surface area contributed by atoms with Gasteiger partial charge >= 0.3 is 0 Å². The number of anilines is 1. The third-order valence-electron chi connectivity index (χ3n) is 5.03. The van der Waals surface area contributed by atoms with Gasteiger partial charge in [-0.1, -0.05) is 48.5 Å². The Balaban J connectivity index is 1.49. The number of fused-ring (bicyclic) bond motifs is 3. The molecule has 2 heterocycles. The predicted molar refractivity (Wildman–Crippen MR) is 92.6 cm³/mol. The van der Waals surface area contributed by atoms with E-state index in [1.54, 1.807) is 0 Å². The molecule has 23 heavy (non-hydrogen) atoms. The molecule has 0 spiro atoms. The highest BCUT2D eigenvalue weighted by atomic mass is 16.2. The van der Waals surface area contributed by atoms with Gasteiger partial charge in [0, 0.05) is 31.7 Å². The van der Waals surface area contributed by atoms with Crippen LogP contribution in [0.15, 0.2) is 54.6 Å². The Bertz CT molecular complexity index is 698. The maximum Gasteiger partial charge on any atom is 0.245 e. The molecule has 1 atom stereocenters. The lowest BCUT2D eigenvalue weighted by Crippen LogP contribution is -2.45. The molecule has 118 valence electrons. The van der Waals surface area contributed by atoms with Crippen LogP contribution in [0.3, 0.4) is 0 Å². The summed E-state index contributed by atoms with van der Waals surface area (Å²) in [4.78, 5) is 17.4. The number of nitrogens with zero attached hydrogens (tertiary/aromatic N) is 2. The van der Waals surface area contributed by atoms with E-state index in [0.717, 1.165) is 38.9 Å². The van der Waals surface area contributed by atoms with Gasteiger partial charge in [-0.05, 0) is 30.0 Å². The Morgan fingerprint density at radius 3 is 2.61 bits per heavy atom. The Labute approximate surface area is 137 Å². The number of carbonyl (C=O) groups is 1. The molecule has 0 saturated carbocycles. The third-order valence-corrected chi connectivity index (χ3v) is 5.03. The number of para-hydroxylation sites is 1. The summed E-state index contributed by atoms with van der Waals surface area (Å²) in [7, 11) is 0. The lowest BCUT2D eigenvalue weighted by Gasteiger charge is -2.26. The molecule has 0 aliphatic carbocycles. The van der Waals surface area contributed by atoms with E-state index in [-0.39, 0.29) is 6.04 Å². The topological polar surface area (TPSA) is 23.6 Å². The Hall–Kier alpha value is -2.29. The van der Waals surface area contributed by atoms with Crippen LogP contribution in [0, 0.1) is 0 Å². The van der Waals surface area contributed by atoms with E-state index in [4.69, 9.17) is 0 Å². The average molecular weight is 306 g/mol. The molecule has 1 unspecified atom stereocenters. The van der Waals surface area contributed by atoms with E-state index in [9.17, 15) is 4.79 Å². The van der Waals surface area contributed by atoms with Crippen LogP contribution in [-0.2, 0) is 17.6 Å². The van der Waals surface area contributed by atoms with Crippen LogP contribution in [0.25, 0.3) is 0 Å². The molecule has 2 aliphatic rings. The molecule has 2 aromatic rings. The van der Waals surface area contributed by atoms with Gasteiger partial charge < -0.3 is 9.80 Å². The van der Waals surface area contributed by atoms with Gasteiger partial charge in [0.25, 0.3) is 0 Å². The molecule has 3 nitrogen and oxygen atoms in total. The van der Waals surface area contributed by atoms with E-state index in [2.05, 4.69) is 58.3 Å². The fourth-order valence-corrected chi connectivity index (χ4v) is 3.83. The van der Waals surface area contributed by atoms with E-state index in [1.807, 2.05) is 6.07 Å². The highest BCUT2D eigenvalue weighted by Crippen LogP contribution is 2.34. The summed E-state index contributed by atoms with van der Waals surface area (Å²) in [5, 5.41) is 0. The first-order valence-corrected chi connectivity index (χ1v) is 8.50. The summed E-state index contributed by atoms with van der Waals surface area (Å²) in [5.74, 6) is 0.301. The van der Waals surface area contributed by atoms with Gasteiger partial charge in [-0.25, -0.2) is 0 Å². The maximum absolute atomic E-state index is 13.0. The van der Waals surface area contributed by atoms with Crippen molar-refractivity contribution in [2.75, 3.05) is 24.5 Å². The number of hydrogen-bond donors (Lipinski definition) is 0. The highest BCUT2D eigenvalue weighted by molar-refractivity contribution is 5.88. The summed E-state index contributed by atoms with van der Waals surface area (Å²) < 4.78 is 0. The second-order valence-corrected chi connectivity index (χ2v) is 6.46. The normalized spacial score (nSPS) is 20.2. The number of carbonyl (C=O) groups excluding carboxylic acids is 1. The van der Waals surface area contributed by atoms with E-state index in [0.29, 0.717) is 5.91 Å². The van der Waals surface area contributed by atoms with Crippen LogP contribution in [0.1, 0.15) is 17.5 Å². The SMILES string of the molecule is O=C1C2Cc3ccccc3N2CCCN1CCc1ccccc1. The van der Waals surface area contributed by atoms with E-state index < -0.39 is 0 Å². The fraction of sp³-hybridized carbons (Fsp3) is 0.350. The molecule has 1 saturated heterocycles. The molecule has 3 heteroatoms. The van der Waals surface area contributed by atoms with Crippen molar-refractivity contribution >= 4 is 11.6 Å². The number of hydrogen-bond acceptors (Lipinski definition) is 2. The zero-order valence-corrected chi connectivity index (χ0v) is 13.3. The van der Waals surface area contributed by atoms with Crippen LogP contribution in [0.4, 0.5) is 5.69 Å². The van der Waals surface area contributed by atoms with Gasteiger partial charge in [0.05, 0.1) is 0 Å². The Morgan fingerprint density at radius 2 is 1.74 bits per heavy atom. The van der Waals surface area contributed by atoms with E-state index in [1.165, 1.54) is 16.8 Å². The molecule has 0 radical (unpaired) electrons. The van der Waals surface area contributed by atoms with Gasteiger partial charge in [0.1, 0.15) is 6.04 Å². The second-order valence-electron chi connectivity index (χ2n) is 6.46. The smallest absolute Gasteiger partial charge is 0.245 e. The number of benzene rings is 2. The van der Waals surface area contributed by atoms with Crippen molar-refractivity contribution in [3.8, 4) is 0 Å². The van der Waals surface area contributed by atoms with Crippen molar-refractivity contribution in [2.45, 2.75) is 25.3 Å². The van der Waals surface area contributed by atoms with Crippen molar-refractivity contribution < 1.29 is 4.79 Å². The summed E-state index contributed by atoms with van der Waals surface area (Å²) in [5.41, 5.74) is 3.88. The number of amides is 1. The predicted octanol–water partition coefficient (Wildman–Crippen LogP) is 2.89. The summed E-state index contributed by atoms with van der Waals surface area (Å²) in [6.07, 6.45) is 2.84. The minimum absolute atomic E-state index is 0.00525. The molecule has 1 amide bonds. The Kier molecular flexibility index (Phi) is 3.78. The van der Waals surface area contributed by atoms with Crippen LogP contribution >= 0.6 is 0 Å². The van der Waals surface area contributed by atoms with Crippen LogP contribution in [0.5, 0.6) is 0 Å². The van der Waals surface area contributed by atoms with Gasteiger partial charge in [0.2, 0.25) is 5.91 Å². The fourth-order valence-electron chi connectivity index (χ4n) is 3.83. The first-order valence-electron chi connectivity index (χ1n) is 8.50. The summed E-state index contributed by atoms with van der Waals surface area (Å²) in [6.45, 7) is 2.68. The molecule has 0 N–H and O–H groups in total. The van der Waals surface area contributed by atoms with E-state index >= 15 is 0 Å². The van der Waals surface area contributed by atoms with Gasteiger partial charge in [-0.15, -0.1) is 0 Å². The minimum Gasteiger partial charge on any atom is -0.359 e. The zero-order chi connectivity index (χ0) is 15.6. The molecule has 1 fully saturated rings. The Morgan fingerprint density at radius 1 is 0.957 bits per heavy atom. The molecule has 0 bridgehead atoms. The maximum atomic E-state index is 13.0. The van der Waals surface area contributed by atoms with Crippen molar-refractivity contribution in [1.82, 2.24) is 4.90 Å². The first-order chi connectivity index (χ1) is 11.3. The summed E-state index contributed by atoms with van der Waals surface area (Å²) >= 11 is 0. The average Bonchev–Trinajstić information content (AvgIpc) is 2.89. The third kappa shape index (κ3) is 2.72. The zero-order valence-electron chi connectivity index (χ0n) is 13.3. The van der Waals surface area contributed by atoms with Gasteiger partial charge in [-0.2, -0.15) is 0 Å². The molecule has 4 rings (SSSR count). The van der Waals surface area contributed by atoms with Crippen LogP contribution in [0.2, 0.25) is 0 Å². The first kappa shape index (κ1) is 14.3. The van der Waals surface area contributed by atoms with Crippen molar-refractivity contribution in [1.29, 1.82) is 0 Å². The molecule has 2 aromatic carbocycles.